The second kappa shape index (κ2) is 9.74. The fourth-order valence-corrected chi connectivity index (χ4v) is 3.02. The summed E-state index contributed by atoms with van der Waals surface area (Å²) in [5.41, 5.74) is 2.22. The van der Waals surface area contributed by atoms with Crippen molar-refractivity contribution in [2.45, 2.75) is 18.2 Å². The summed E-state index contributed by atoms with van der Waals surface area (Å²) in [7, 11) is 0. The Morgan fingerprint density at radius 2 is 1.84 bits per heavy atom. The Bertz CT molecular complexity index is 716. The molecule has 2 rings (SSSR count). The molecular weight excluding hydrogens is 338 g/mol. The highest BCUT2D eigenvalue weighted by molar-refractivity contribution is 8.00. The first kappa shape index (κ1) is 18.9. The average molecular weight is 359 g/mol. The number of hydrogen-bond acceptors (Lipinski definition) is 4. The monoisotopic (exact) mass is 359 g/mol. The Balaban J connectivity index is 1.68. The van der Waals surface area contributed by atoms with Crippen molar-refractivity contribution in [3.8, 4) is 5.75 Å². The quantitative estimate of drug-likeness (QED) is 0.673. The number of carbonyl (C=O) groups excluding carboxylic acids is 1. The summed E-state index contributed by atoms with van der Waals surface area (Å²) < 4.78 is 5.08. The first-order chi connectivity index (χ1) is 12.0. The molecule has 0 saturated heterocycles. The highest BCUT2D eigenvalue weighted by Crippen LogP contribution is 2.21. The molecular formula is C19H21NO4S. The molecule has 2 aromatic rings. The van der Waals surface area contributed by atoms with E-state index in [1.54, 1.807) is 12.1 Å². The Morgan fingerprint density at radius 1 is 1.12 bits per heavy atom. The van der Waals surface area contributed by atoms with E-state index in [1.807, 2.05) is 43.3 Å². The maximum absolute atomic E-state index is 11.9. The van der Waals surface area contributed by atoms with Gasteiger partial charge in [0.2, 0.25) is 5.91 Å². The highest BCUT2D eigenvalue weighted by atomic mass is 32.2. The van der Waals surface area contributed by atoms with Gasteiger partial charge < -0.3 is 15.2 Å². The maximum Gasteiger partial charge on any atom is 0.341 e. The van der Waals surface area contributed by atoms with E-state index in [-0.39, 0.29) is 12.5 Å². The number of amides is 1. The summed E-state index contributed by atoms with van der Waals surface area (Å²) in [6, 6.07) is 15.2. The van der Waals surface area contributed by atoms with Crippen LogP contribution in [0.2, 0.25) is 0 Å². The van der Waals surface area contributed by atoms with Crippen LogP contribution in [0.5, 0.6) is 5.75 Å². The molecule has 0 aromatic heterocycles. The summed E-state index contributed by atoms with van der Waals surface area (Å²) in [5, 5.41) is 11.5. The lowest BCUT2D eigenvalue weighted by atomic mass is 10.1. The molecule has 2 aromatic carbocycles. The Morgan fingerprint density at radius 3 is 2.52 bits per heavy atom. The minimum Gasteiger partial charge on any atom is -0.482 e. The first-order valence-electron chi connectivity index (χ1n) is 7.93. The molecule has 2 N–H and O–H groups in total. The van der Waals surface area contributed by atoms with Crippen molar-refractivity contribution in [2.75, 3.05) is 18.9 Å². The van der Waals surface area contributed by atoms with E-state index < -0.39 is 5.97 Å². The van der Waals surface area contributed by atoms with Gasteiger partial charge in [0.25, 0.3) is 0 Å². The molecule has 0 spiro atoms. The number of nitrogens with one attached hydrogen (secondary N) is 1. The zero-order valence-corrected chi connectivity index (χ0v) is 14.8. The SMILES string of the molecule is Cc1ccccc1SCC(=O)NCCc1ccc(OCC(=O)O)cc1. The standard InChI is InChI=1S/C19H21NO4S/c1-14-4-2-3-5-17(14)25-13-18(21)20-11-10-15-6-8-16(9-7-15)24-12-19(22)23/h2-9H,10-13H2,1H3,(H,20,21)(H,22,23). The molecule has 0 aliphatic rings. The lowest BCUT2D eigenvalue weighted by Crippen LogP contribution is -2.27. The van der Waals surface area contributed by atoms with Gasteiger partial charge in [-0.3, -0.25) is 4.79 Å². The predicted octanol–water partition coefficient (Wildman–Crippen LogP) is 2.91. The van der Waals surface area contributed by atoms with Crippen molar-refractivity contribution in [1.82, 2.24) is 5.32 Å². The van der Waals surface area contributed by atoms with Crippen LogP contribution >= 0.6 is 11.8 Å². The zero-order chi connectivity index (χ0) is 18.1. The van der Waals surface area contributed by atoms with Crippen LogP contribution in [0.25, 0.3) is 0 Å². The van der Waals surface area contributed by atoms with E-state index in [0.717, 1.165) is 10.5 Å². The Hall–Kier alpha value is -2.47. The van der Waals surface area contributed by atoms with Crippen LogP contribution in [0, 0.1) is 6.92 Å². The molecule has 0 bridgehead atoms. The van der Waals surface area contributed by atoms with Gasteiger partial charge in [0.15, 0.2) is 6.61 Å². The molecule has 0 aliphatic carbocycles. The van der Waals surface area contributed by atoms with Gasteiger partial charge in [0, 0.05) is 11.4 Å². The molecule has 0 heterocycles. The van der Waals surface area contributed by atoms with E-state index in [0.29, 0.717) is 24.5 Å². The molecule has 132 valence electrons. The zero-order valence-electron chi connectivity index (χ0n) is 14.0. The maximum atomic E-state index is 11.9. The number of carbonyl (C=O) groups is 2. The van der Waals surface area contributed by atoms with Crippen molar-refractivity contribution in [3.63, 3.8) is 0 Å². The summed E-state index contributed by atoms with van der Waals surface area (Å²) in [5.74, 6) is -0.0813. The van der Waals surface area contributed by atoms with Crippen LogP contribution in [0.1, 0.15) is 11.1 Å². The van der Waals surface area contributed by atoms with Crippen LogP contribution in [-0.2, 0) is 16.0 Å². The lowest BCUT2D eigenvalue weighted by molar-refractivity contribution is -0.139. The van der Waals surface area contributed by atoms with Gasteiger partial charge in [-0.05, 0) is 42.7 Å². The summed E-state index contributed by atoms with van der Waals surface area (Å²) >= 11 is 1.53. The van der Waals surface area contributed by atoms with E-state index in [4.69, 9.17) is 9.84 Å². The molecule has 0 aliphatic heterocycles. The fraction of sp³-hybridized carbons (Fsp3) is 0.263. The number of aryl methyl sites for hydroxylation is 1. The van der Waals surface area contributed by atoms with Gasteiger partial charge >= 0.3 is 5.97 Å². The van der Waals surface area contributed by atoms with Gasteiger partial charge in [-0.2, -0.15) is 0 Å². The van der Waals surface area contributed by atoms with Crippen LogP contribution < -0.4 is 10.1 Å². The third-order valence-electron chi connectivity index (χ3n) is 3.47. The fourth-order valence-electron chi connectivity index (χ4n) is 2.16. The van der Waals surface area contributed by atoms with Crippen LogP contribution in [0.15, 0.2) is 53.4 Å². The minimum atomic E-state index is -1.00. The summed E-state index contributed by atoms with van der Waals surface area (Å²) in [4.78, 5) is 23.5. The van der Waals surface area contributed by atoms with Crippen LogP contribution in [0.4, 0.5) is 0 Å². The Labute approximate surface area is 151 Å². The van der Waals surface area contributed by atoms with Crippen molar-refractivity contribution in [1.29, 1.82) is 0 Å². The van der Waals surface area contributed by atoms with E-state index in [1.165, 1.54) is 17.3 Å². The number of hydrogen-bond donors (Lipinski definition) is 2. The van der Waals surface area contributed by atoms with E-state index >= 15 is 0 Å². The smallest absolute Gasteiger partial charge is 0.341 e. The molecule has 0 unspecified atom stereocenters. The molecule has 1 amide bonds. The van der Waals surface area contributed by atoms with Gasteiger partial charge in [-0.15, -0.1) is 11.8 Å². The second-order valence-electron chi connectivity index (χ2n) is 5.48. The number of thioether (sulfide) groups is 1. The first-order valence-corrected chi connectivity index (χ1v) is 8.92. The Kier molecular flexibility index (Phi) is 7.35. The predicted molar refractivity (Wildman–Crippen MR) is 98.2 cm³/mol. The van der Waals surface area contributed by atoms with Crippen molar-refractivity contribution in [3.05, 3.63) is 59.7 Å². The number of carboxylic acids is 1. The lowest BCUT2D eigenvalue weighted by Gasteiger charge is -2.08. The molecule has 0 saturated carbocycles. The number of ether oxygens (including phenoxy) is 1. The van der Waals surface area contributed by atoms with Crippen molar-refractivity contribution in [2.24, 2.45) is 0 Å². The number of aliphatic carboxylic acids is 1. The number of carboxylic acid groups (broad SMARTS) is 1. The van der Waals surface area contributed by atoms with Gasteiger partial charge in [0.1, 0.15) is 5.75 Å². The largest absolute Gasteiger partial charge is 0.482 e. The topological polar surface area (TPSA) is 75.6 Å². The number of rotatable bonds is 9. The van der Waals surface area contributed by atoms with Gasteiger partial charge in [0.05, 0.1) is 5.75 Å². The third kappa shape index (κ3) is 6.89. The molecule has 0 radical (unpaired) electrons. The van der Waals surface area contributed by atoms with E-state index in [2.05, 4.69) is 5.32 Å². The van der Waals surface area contributed by atoms with Crippen LogP contribution in [0.3, 0.4) is 0 Å². The van der Waals surface area contributed by atoms with Gasteiger partial charge in [-0.1, -0.05) is 30.3 Å². The van der Waals surface area contributed by atoms with Gasteiger partial charge in [-0.25, -0.2) is 4.79 Å². The van der Waals surface area contributed by atoms with Crippen LogP contribution in [-0.4, -0.2) is 35.9 Å². The van der Waals surface area contributed by atoms with Crippen molar-refractivity contribution >= 4 is 23.6 Å². The molecule has 0 atom stereocenters. The summed E-state index contributed by atoms with van der Waals surface area (Å²) in [6.45, 7) is 2.24. The molecule has 6 heteroatoms. The average Bonchev–Trinajstić information content (AvgIpc) is 2.60. The molecule has 5 nitrogen and oxygen atoms in total. The van der Waals surface area contributed by atoms with E-state index in [9.17, 15) is 9.59 Å². The highest BCUT2D eigenvalue weighted by Gasteiger charge is 2.05. The van der Waals surface area contributed by atoms with Crippen molar-refractivity contribution < 1.29 is 19.4 Å². The molecule has 0 fully saturated rings. The normalized spacial score (nSPS) is 10.3. The minimum absolute atomic E-state index is 0.00895. The number of benzene rings is 2. The third-order valence-corrected chi connectivity index (χ3v) is 4.65. The summed E-state index contributed by atoms with van der Waals surface area (Å²) in [6.07, 6.45) is 0.708. The molecule has 25 heavy (non-hydrogen) atoms. The second-order valence-corrected chi connectivity index (χ2v) is 6.50.